The minimum atomic E-state index is -4.84. The van der Waals surface area contributed by atoms with E-state index in [1.807, 2.05) is 0 Å². The molecule has 2 aromatic heterocycles. The predicted molar refractivity (Wildman–Crippen MR) is 120 cm³/mol. The van der Waals surface area contributed by atoms with E-state index in [1.165, 1.54) is 18.2 Å². The van der Waals surface area contributed by atoms with Gasteiger partial charge in [0.1, 0.15) is 11.3 Å². The molecule has 0 atom stereocenters. The van der Waals surface area contributed by atoms with E-state index in [1.54, 1.807) is 0 Å². The summed E-state index contributed by atoms with van der Waals surface area (Å²) < 4.78 is 93.9. The van der Waals surface area contributed by atoms with Crippen molar-refractivity contribution in [2.24, 2.45) is 0 Å². The summed E-state index contributed by atoms with van der Waals surface area (Å²) in [7, 11) is 0. The molecule has 0 radical (unpaired) electrons. The number of carbonyl (C=O) groups excluding carboxylic acids is 1. The van der Waals surface area contributed by atoms with Crippen LogP contribution in [0.15, 0.2) is 34.7 Å². The zero-order valence-electron chi connectivity index (χ0n) is 20.3. The van der Waals surface area contributed by atoms with Gasteiger partial charge in [0.2, 0.25) is 11.8 Å². The summed E-state index contributed by atoms with van der Waals surface area (Å²) in [6.07, 6.45) is -6.85. The van der Waals surface area contributed by atoms with Crippen LogP contribution in [0.2, 0.25) is 0 Å². The highest BCUT2D eigenvalue weighted by atomic mass is 19.4. The van der Waals surface area contributed by atoms with Crippen LogP contribution in [0.4, 0.5) is 26.3 Å². The van der Waals surface area contributed by atoms with Gasteiger partial charge in [-0.15, -0.1) is 23.4 Å². The molecule has 4 heterocycles. The molecule has 1 aromatic carbocycles. The Labute approximate surface area is 217 Å². The third kappa shape index (κ3) is 4.62. The lowest BCUT2D eigenvalue weighted by atomic mass is 9.71. The molecule has 0 unspecified atom stereocenters. The fraction of sp³-hybridized carbons (Fsp3) is 0.520. The van der Waals surface area contributed by atoms with Crippen molar-refractivity contribution in [3.05, 3.63) is 53.4 Å². The predicted octanol–water partition coefficient (Wildman–Crippen LogP) is 5.52. The van der Waals surface area contributed by atoms with Crippen molar-refractivity contribution in [3.8, 4) is 0 Å². The quantitative estimate of drug-likeness (QED) is 0.413. The number of halogens is 6. The molecule has 3 aromatic rings. The smallest absolute Gasteiger partial charge is 0.419 e. The van der Waals surface area contributed by atoms with Crippen LogP contribution in [0.1, 0.15) is 72.8 Å². The minimum absolute atomic E-state index is 0.0519. The fourth-order valence-electron chi connectivity index (χ4n) is 5.54. The Balaban J connectivity index is 1.14. The second-order valence-electron chi connectivity index (χ2n) is 10.4. The van der Waals surface area contributed by atoms with E-state index in [2.05, 4.69) is 25.2 Å². The molecule has 2 bridgehead atoms. The molecule has 0 spiro atoms. The Morgan fingerprint density at radius 2 is 1.64 bits per heavy atom. The first-order chi connectivity index (χ1) is 18.3. The number of amides is 1. The molecule has 4 aliphatic rings. The number of benzene rings is 1. The second-order valence-corrected chi connectivity index (χ2v) is 10.4. The number of alkyl halides is 6. The van der Waals surface area contributed by atoms with Crippen LogP contribution < -0.4 is 5.32 Å². The number of nitrogens with zero attached hydrogens (tertiary/aromatic N) is 3. The summed E-state index contributed by atoms with van der Waals surface area (Å²) in [5, 5.41) is 11.1. The van der Waals surface area contributed by atoms with Gasteiger partial charge in [-0.1, -0.05) is 6.07 Å². The van der Waals surface area contributed by atoms with Gasteiger partial charge in [0, 0.05) is 5.39 Å². The summed E-state index contributed by atoms with van der Waals surface area (Å²) in [5.74, 6) is -0.630. The zero-order valence-corrected chi connectivity index (χ0v) is 20.3. The largest absolute Gasteiger partial charge is 0.523 e. The molecule has 4 fully saturated rings. The molecule has 2 aliphatic carbocycles. The van der Waals surface area contributed by atoms with E-state index in [4.69, 9.17) is 9.15 Å². The van der Waals surface area contributed by atoms with Crippen LogP contribution in [-0.2, 0) is 26.9 Å². The summed E-state index contributed by atoms with van der Waals surface area (Å²) in [4.78, 5) is 17.2. The van der Waals surface area contributed by atoms with E-state index < -0.39 is 40.8 Å². The Kier molecular flexibility index (Phi) is 5.74. The van der Waals surface area contributed by atoms with Gasteiger partial charge in [-0.05, 0) is 69.2 Å². The molecular formula is C25H22F6N4O4. The van der Waals surface area contributed by atoms with Gasteiger partial charge in [0.15, 0.2) is 5.60 Å². The SMILES string of the molecule is O=C(NC12CCC(c3nnc(C4(OC(F)(F)F)CCC4)o3)(CC1)OC2)c1ccc2cc(C(F)(F)F)ccc2n1. The average Bonchev–Trinajstić information content (AvgIpc) is 3.37. The maximum atomic E-state index is 13.0. The number of fused-ring (bicyclic) bond motifs is 4. The van der Waals surface area contributed by atoms with Gasteiger partial charge in [-0.25, -0.2) is 4.98 Å². The van der Waals surface area contributed by atoms with E-state index in [-0.39, 0.29) is 47.8 Å². The zero-order chi connectivity index (χ0) is 27.7. The van der Waals surface area contributed by atoms with Crippen molar-refractivity contribution < 1.29 is 45.0 Å². The average molecular weight is 556 g/mol. The molecule has 1 amide bonds. The summed E-state index contributed by atoms with van der Waals surface area (Å²) >= 11 is 0. The van der Waals surface area contributed by atoms with Crippen molar-refractivity contribution in [3.63, 3.8) is 0 Å². The van der Waals surface area contributed by atoms with E-state index in [0.29, 0.717) is 32.1 Å². The lowest BCUT2D eigenvalue weighted by Gasteiger charge is -2.51. The van der Waals surface area contributed by atoms with E-state index in [0.717, 1.165) is 12.1 Å². The molecule has 7 rings (SSSR count). The maximum Gasteiger partial charge on any atom is 0.523 e. The summed E-state index contributed by atoms with van der Waals surface area (Å²) in [6, 6.07) is 5.89. The van der Waals surface area contributed by atoms with Gasteiger partial charge in [-0.3, -0.25) is 9.53 Å². The van der Waals surface area contributed by atoms with E-state index >= 15 is 0 Å². The number of hydrogen-bond acceptors (Lipinski definition) is 7. The Hall–Kier alpha value is -3.26. The topological polar surface area (TPSA) is 99.4 Å². The second kappa shape index (κ2) is 8.62. The fourth-order valence-corrected chi connectivity index (χ4v) is 5.54. The van der Waals surface area contributed by atoms with Crippen LogP contribution in [0, 0.1) is 0 Å². The van der Waals surface area contributed by atoms with Crippen LogP contribution in [0.5, 0.6) is 0 Å². The lowest BCUT2D eigenvalue weighted by Crippen LogP contribution is -2.62. The Morgan fingerprint density at radius 3 is 2.23 bits per heavy atom. The third-order valence-corrected chi connectivity index (χ3v) is 7.94. The van der Waals surface area contributed by atoms with Crippen molar-refractivity contribution in [2.45, 2.75) is 74.2 Å². The molecule has 2 saturated carbocycles. The molecule has 2 aliphatic heterocycles. The number of nitrogens with one attached hydrogen (secondary N) is 1. The van der Waals surface area contributed by atoms with E-state index in [9.17, 15) is 31.1 Å². The molecular weight excluding hydrogens is 534 g/mol. The highest BCUT2D eigenvalue weighted by molar-refractivity contribution is 5.95. The maximum absolute atomic E-state index is 13.0. The Bertz CT molecular complexity index is 1410. The molecule has 14 heteroatoms. The van der Waals surface area contributed by atoms with Crippen LogP contribution >= 0.6 is 0 Å². The molecule has 39 heavy (non-hydrogen) atoms. The first-order valence-electron chi connectivity index (χ1n) is 12.4. The van der Waals surface area contributed by atoms with Gasteiger partial charge in [0.05, 0.1) is 23.2 Å². The van der Waals surface area contributed by atoms with Gasteiger partial charge in [-0.2, -0.15) is 13.2 Å². The number of aromatic nitrogens is 3. The van der Waals surface area contributed by atoms with Crippen LogP contribution in [-0.4, -0.2) is 39.6 Å². The number of rotatable bonds is 5. The highest BCUT2D eigenvalue weighted by Crippen LogP contribution is 2.52. The molecule has 1 N–H and O–H groups in total. The first-order valence-corrected chi connectivity index (χ1v) is 12.4. The lowest BCUT2D eigenvalue weighted by molar-refractivity contribution is -0.387. The first kappa shape index (κ1) is 26.0. The molecule has 2 saturated heterocycles. The third-order valence-electron chi connectivity index (χ3n) is 7.94. The number of carbonyl (C=O) groups is 1. The Morgan fingerprint density at radius 1 is 0.923 bits per heavy atom. The molecule has 8 nitrogen and oxygen atoms in total. The van der Waals surface area contributed by atoms with Gasteiger partial charge < -0.3 is 14.5 Å². The summed E-state index contributed by atoms with van der Waals surface area (Å²) in [6.45, 7) is 0.100. The number of ether oxygens (including phenoxy) is 2. The van der Waals surface area contributed by atoms with Crippen LogP contribution in [0.25, 0.3) is 10.9 Å². The van der Waals surface area contributed by atoms with Crippen molar-refractivity contribution in [1.82, 2.24) is 20.5 Å². The van der Waals surface area contributed by atoms with Gasteiger partial charge in [0.25, 0.3) is 5.91 Å². The highest BCUT2D eigenvalue weighted by Gasteiger charge is 2.56. The van der Waals surface area contributed by atoms with Crippen molar-refractivity contribution in [1.29, 1.82) is 0 Å². The van der Waals surface area contributed by atoms with Crippen molar-refractivity contribution >= 4 is 16.8 Å². The molecule has 208 valence electrons. The van der Waals surface area contributed by atoms with Gasteiger partial charge >= 0.3 is 12.5 Å². The van der Waals surface area contributed by atoms with Crippen LogP contribution in [0.3, 0.4) is 0 Å². The summed E-state index contributed by atoms with van der Waals surface area (Å²) in [5.41, 5.74) is -3.87. The monoisotopic (exact) mass is 556 g/mol. The van der Waals surface area contributed by atoms with Crippen molar-refractivity contribution in [2.75, 3.05) is 6.61 Å². The normalized spacial score (nSPS) is 26.4. The number of pyridine rings is 1. The minimum Gasteiger partial charge on any atom is -0.419 e. The number of hydrogen-bond donors (Lipinski definition) is 1. The standard InChI is InChI=1S/C25H22F6N4O4/c26-24(27,28)15-3-5-16-14(12-15)2-4-17(32-16)18(36)33-21-8-10-22(11-9-21,37-13-21)19-34-35-20(38-19)23(6-1-7-23)39-25(29,30)31/h2-5,12H,1,6-11,13H2,(H,33,36).